The number of hydrogen-bond acceptors (Lipinski definition) is 8. The van der Waals surface area contributed by atoms with Crippen LogP contribution in [0.5, 0.6) is 0 Å². The molecule has 14 heteroatoms. The normalized spacial score (nSPS) is 12.7. The third kappa shape index (κ3) is 16.9. The van der Waals surface area contributed by atoms with Crippen LogP contribution in [0.25, 0.3) is 0 Å². The fourth-order valence-corrected chi connectivity index (χ4v) is 3.93. The zero-order valence-corrected chi connectivity index (χ0v) is 35.7. The third-order valence-corrected chi connectivity index (χ3v) is 7.96. The van der Waals surface area contributed by atoms with Gasteiger partial charge in [0.1, 0.15) is 24.6 Å². The van der Waals surface area contributed by atoms with Gasteiger partial charge in [0.05, 0.1) is 0 Å². The van der Waals surface area contributed by atoms with Crippen molar-refractivity contribution >= 4 is 35.8 Å². The van der Waals surface area contributed by atoms with E-state index in [1.807, 2.05) is 0 Å². The summed E-state index contributed by atoms with van der Waals surface area (Å²) in [6.45, 7) is 13.9. The average Bonchev–Trinajstić information content (AvgIpc) is 3.20. The lowest BCUT2D eigenvalue weighted by Crippen LogP contribution is -2.44. The van der Waals surface area contributed by atoms with E-state index in [1.165, 1.54) is 43.3 Å². The van der Waals surface area contributed by atoms with E-state index in [-0.39, 0.29) is 5.56 Å². The molecule has 0 atom stereocenters. The summed E-state index contributed by atoms with van der Waals surface area (Å²) in [6, 6.07) is 18.2. The molecule has 0 saturated carbocycles. The lowest BCUT2D eigenvalue weighted by molar-refractivity contribution is -0.179. The second-order valence-corrected chi connectivity index (χ2v) is 15.9. The van der Waals surface area contributed by atoms with Gasteiger partial charge in [0.15, 0.2) is 5.41 Å². The number of carbonyl (C=O) groups excluding carboxylic acids is 2. The first kappa shape index (κ1) is 45.5. The average molecular weight is 857 g/mol. The predicted molar refractivity (Wildman–Crippen MR) is 222 cm³/mol. The fourth-order valence-electron chi connectivity index (χ4n) is 3.93. The molecule has 0 bridgehead atoms. The Bertz CT molecular complexity index is 2270. The first-order valence-corrected chi connectivity index (χ1v) is 18.4. The topological polar surface area (TPSA) is 202 Å². The Morgan fingerprint density at radius 1 is 0.541 bits per heavy atom. The molecule has 0 heterocycles. The summed E-state index contributed by atoms with van der Waals surface area (Å²) in [5.41, 5.74) is -5.73. The van der Waals surface area contributed by atoms with Crippen molar-refractivity contribution in [3.63, 3.8) is 0 Å². The van der Waals surface area contributed by atoms with E-state index in [0.29, 0.717) is 29.2 Å². The number of ether oxygens (including phenoxy) is 2. The quantitative estimate of drug-likeness (QED) is 0.0824. The van der Waals surface area contributed by atoms with Crippen LogP contribution in [0.4, 0.5) is 8.78 Å². The number of carboxylic acids is 4. The molecule has 61 heavy (non-hydrogen) atoms. The van der Waals surface area contributed by atoms with Gasteiger partial charge in [-0.15, -0.1) is 0 Å². The molecule has 3 rings (SSSR count). The van der Waals surface area contributed by atoms with E-state index in [1.54, 1.807) is 84.9 Å². The molecule has 4 N–H and O–H groups in total. The maximum absolute atomic E-state index is 12.7. The Labute approximate surface area is 360 Å². The largest absolute Gasteiger partial charge is 0.480 e. The van der Waals surface area contributed by atoms with Crippen LogP contribution in [-0.2, 0) is 58.0 Å². The molecular formula is C47H54F2O12. The van der Waals surface area contributed by atoms with Crippen LogP contribution >= 0.6 is 0 Å². The second kappa shape index (κ2) is 22.2. The highest BCUT2D eigenvalue weighted by Crippen LogP contribution is 2.27. The van der Waals surface area contributed by atoms with Crippen molar-refractivity contribution in [2.45, 2.75) is 107 Å². The highest BCUT2D eigenvalue weighted by Gasteiger charge is 2.46. The molecule has 0 aliphatic carbocycles. The zero-order valence-electron chi connectivity index (χ0n) is 39.7. The number of alkyl halides is 2. The van der Waals surface area contributed by atoms with Gasteiger partial charge in [-0.2, -0.15) is 0 Å². The Morgan fingerprint density at radius 3 is 1.16 bits per heavy atom. The number of benzene rings is 3. The smallest absolute Gasteiger partial charge is 0.336 e. The monoisotopic (exact) mass is 856 g/mol. The molecule has 0 saturated heterocycles. The number of halogens is 2. The number of aryl methyl sites for hydroxylation is 2. The van der Waals surface area contributed by atoms with Crippen LogP contribution in [0.15, 0.2) is 72.8 Å². The van der Waals surface area contributed by atoms with Gasteiger partial charge in [0, 0.05) is 16.6 Å². The summed E-state index contributed by atoms with van der Waals surface area (Å²) in [5.74, 6) is 1.71. The van der Waals surface area contributed by atoms with E-state index in [4.69, 9.17) is 35.4 Å². The maximum Gasteiger partial charge on any atom is 0.336 e. The van der Waals surface area contributed by atoms with Gasteiger partial charge in [-0.05, 0) is 123 Å². The van der Waals surface area contributed by atoms with E-state index >= 15 is 0 Å². The predicted octanol–water partition coefficient (Wildman–Crippen LogP) is 7.98. The number of aliphatic carboxylic acids is 4. The third-order valence-electron chi connectivity index (χ3n) is 7.96. The molecule has 0 spiro atoms. The van der Waals surface area contributed by atoms with Crippen molar-refractivity contribution in [3.05, 3.63) is 106 Å². The standard InChI is InChI=1S/C21H27FO4.C13H11FO4.C13H16O4/c1-19(2,3)25-17(23)21(7,18(24)26-20(4,5)6)13-12-15-8-10-16(14-22)11-9-15;1-13(11(15)16,12(17)18)7-6-9-2-4-10(8-14)5-3-9;1-9-3-5-10(6-4-9)7-8-13(2,11(14)15)12(16)17/h8-11H,14H2,1-7H3;2-5H,8H2,1H3,(H,15,16)(H,17,18);3-6H,7-8H2,1-2H3,(H,14,15)(H,16,17)/i;;7T2,8T2. The molecule has 0 aromatic heterocycles. The molecular weight excluding hydrogens is 795 g/mol. The van der Waals surface area contributed by atoms with Crippen LogP contribution in [0.1, 0.15) is 108 Å². The summed E-state index contributed by atoms with van der Waals surface area (Å²) in [4.78, 5) is 69.5. The van der Waals surface area contributed by atoms with E-state index in [9.17, 15) is 37.5 Å². The number of esters is 2. The minimum atomic E-state index is -3.17. The van der Waals surface area contributed by atoms with E-state index in [0.717, 1.165) is 12.5 Å². The minimum Gasteiger partial charge on any atom is -0.480 e. The van der Waals surface area contributed by atoms with Crippen molar-refractivity contribution in [2.24, 2.45) is 16.2 Å². The first-order valence-electron chi connectivity index (χ1n) is 20.4. The lowest BCUT2D eigenvalue weighted by atomic mass is 9.84. The second-order valence-electron chi connectivity index (χ2n) is 15.9. The Kier molecular flexibility index (Phi) is 16.6. The highest BCUT2D eigenvalue weighted by molar-refractivity contribution is 6.03. The summed E-state index contributed by atoms with van der Waals surface area (Å²) >= 11 is 0. The van der Waals surface area contributed by atoms with Gasteiger partial charge in [-0.25, -0.2) is 28.0 Å². The molecule has 3 aromatic carbocycles. The number of carboxylic acid groups (broad SMARTS) is 4. The van der Waals surface area contributed by atoms with Crippen molar-refractivity contribution in [1.29, 1.82) is 0 Å². The van der Waals surface area contributed by atoms with Gasteiger partial charge < -0.3 is 29.9 Å². The van der Waals surface area contributed by atoms with Crippen LogP contribution in [0, 0.1) is 46.9 Å². The Hall–Kier alpha value is -6.54. The van der Waals surface area contributed by atoms with Crippen LogP contribution in [0.3, 0.4) is 0 Å². The number of hydrogen-bond donors (Lipinski definition) is 4. The van der Waals surface area contributed by atoms with Crippen LogP contribution in [-0.4, -0.2) is 67.4 Å². The zero-order chi connectivity index (χ0) is 50.6. The van der Waals surface area contributed by atoms with Gasteiger partial charge >= 0.3 is 35.8 Å². The molecule has 0 fully saturated rings. The molecule has 328 valence electrons. The minimum absolute atomic E-state index is 0.119. The summed E-state index contributed by atoms with van der Waals surface area (Å²) < 4.78 is 67.2. The van der Waals surface area contributed by atoms with Crippen molar-refractivity contribution in [2.75, 3.05) is 0 Å². The molecule has 3 aromatic rings. The van der Waals surface area contributed by atoms with Crippen molar-refractivity contribution in [3.8, 4) is 23.7 Å². The van der Waals surface area contributed by atoms with Crippen molar-refractivity contribution < 1.29 is 72.9 Å². The fraction of sp³-hybridized carbons (Fsp3) is 0.404. The summed E-state index contributed by atoms with van der Waals surface area (Å²) in [6.07, 6.45) is -5.97. The van der Waals surface area contributed by atoms with Crippen molar-refractivity contribution in [1.82, 2.24) is 0 Å². The maximum atomic E-state index is 12.7. The summed E-state index contributed by atoms with van der Waals surface area (Å²) in [7, 11) is 0. The first-order chi connectivity index (χ1) is 29.5. The van der Waals surface area contributed by atoms with Crippen LogP contribution in [0.2, 0.25) is 0 Å². The van der Waals surface area contributed by atoms with E-state index in [2.05, 4.69) is 23.7 Å². The SMILES string of the molecule is CC(C#Cc1ccc(CF)cc1)(C(=O)O)C(=O)O.CC(C)(C)OC(=O)C(C)(C#Cc1ccc(CF)cc1)C(=O)OC(C)(C)C.[3H]C([3H])(c1ccc(C)cc1)C([3H])([3H])C(C)(C(=O)O)C(=O)O. The molecule has 0 unspecified atom stereocenters. The molecule has 0 aliphatic rings. The number of rotatable bonds is 11. The Balaban J connectivity index is 0.000000496. The van der Waals surface area contributed by atoms with Gasteiger partial charge in [-0.1, -0.05) is 77.8 Å². The van der Waals surface area contributed by atoms with Crippen LogP contribution < -0.4 is 0 Å². The van der Waals surface area contributed by atoms with Gasteiger partial charge in [-0.3, -0.25) is 9.59 Å². The molecule has 0 amide bonds. The van der Waals surface area contributed by atoms with E-state index < -0.39 is 89.4 Å². The lowest BCUT2D eigenvalue weighted by Gasteiger charge is -2.29. The Morgan fingerprint density at radius 2 is 0.869 bits per heavy atom. The molecule has 0 radical (unpaired) electrons. The number of carbonyl (C=O) groups is 6. The van der Waals surface area contributed by atoms with Gasteiger partial charge in [0.25, 0.3) is 0 Å². The molecule has 0 aliphatic heterocycles. The van der Waals surface area contributed by atoms with Gasteiger partial charge in [0.2, 0.25) is 10.8 Å². The summed E-state index contributed by atoms with van der Waals surface area (Å²) in [5, 5.41) is 35.9. The molecule has 12 nitrogen and oxygen atoms in total. The highest BCUT2D eigenvalue weighted by atomic mass is 19.1.